The zero-order chi connectivity index (χ0) is 13.7. The van der Waals surface area contributed by atoms with Gasteiger partial charge in [-0.05, 0) is 19.4 Å². The Bertz CT molecular complexity index is 517. The van der Waals surface area contributed by atoms with Gasteiger partial charge >= 0.3 is 0 Å². The first-order chi connectivity index (χ1) is 9.24. The van der Waals surface area contributed by atoms with Crippen LogP contribution in [-0.4, -0.2) is 21.6 Å². The van der Waals surface area contributed by atoms with Crippen LogP contribution in [0.2, 0.25) is 0 Å². The fourth-order valence-electron chi connectivity index (χ4n) is 2.06. The molecule has 0 amide bonds. The molecule has 0 saturated carbocycles. The van der Waals surface area contributed by atoms with E-state index >= 15 is 0 Å². The lowest BCUT2D eigenvalue weighted by Gasteiger charge is -2.02. The second-order valence-corrected chi connectivity index (χ2v) is 4.66. The SMILES string of the molecule is CCCCCn1cc(-c2ccc(OC)nc2)nc1C. The monoisotopic (exact) mass is 259 g/mol. The summed E-state index contributed by atoms with van der Waals surface area (Å²) >= 11 is 0. The summed E-state index contributed by atoms with van der Waals surface area (Å²) in [4.78, 5) is 8.81. The van der Waals surface area contributed by atoms with Gasteiger partial charge in [0.2, 0.25) is 5.88 Å². The second-order valence-electron chi connectivity index (χ2n) is 4.66. The zero-order valence-corrected chi connectivity index (χ0v) is 11.9. The molecule has 102 valence electrons. The molecule has 2 aromatic heterocycles. The Morgan fingerprint density at radius 3 is 2.74 bits per heavy atom. The molecule has 0 saturated heterocycles. The molecule has 0 unspecified atom stereocenters. The molecule has 0 aliphatic carbocycles. The van der Waals surface area contributed by atoms with Crippen molar-refractivity contribution < 1.29 is 4.74 Å². The number of ether oxygens (including phenoxy) is 1. The number of nitrogens with zero attached hydrogens (tertiary/aromatic N) is 3. The average molecular weight is 259 g/mol. The molecular formula is C15H21N3O. The molecule has 19 heavy (non-hydrogen) atoms. The van der Waals surface area contributed by atoms with Crippen LogP contribution in [0.15, 0.2) is 24.5 Å². The predicted octanol–water partition coefficient (Wildman–Crippen LogP) is 3.45. The molecule has 0 N–H and O–H groups in total. The van der Waals surface area contributed by atoms with Gasteiger partial charge in [-0.2, -0.15) is 0 Å². The number of aryl methyl sites for hydroxylation is 2. The number of imidazole rings is 1. The third kappa shape index (κ3) is 3.34. The Kier molecular flexibility index (Phi) is 4.55. The fourth-order valence-corrected chi connectivity index (χ4v) is 2.06. The fraction of sp³-hybridized carbons (Fsp3) is 0.467. The van der Waals surface area contributed by atoms with Gasteiger partial charge in [0.05, 0.1) is 12.8 Å². The predicted molar refractivity (Wildman–Crippen MR) is 76.3 cm³/mol. The summed E-state index contributed by atoms with van der Waals surface area (Å²) in [5, 5.41) is 0. The van der Waals surface area contributed by atoms with Gasteiger partial charge in [0.1, 0.15) is 5.82 Å². The van der Waals surface area contributed by atoms with Crippen molar-refractivity contribution >= 4 is 0 Å². The molecule has 0 aliphatic rings. The smallest absolute Gasteiger partial charge is 0.212 e. The van der Waals surface area contributed by atoms with Gasteiger partial charge in [0.25, 0.3) is 0 Å². The molecule has 0 aromatic carbocycles. The van der Waals surface area contributed by atoms with E-state index in [9.17, 15) is 0 Å². The Labute approximate surface area is 114 Å². The summed E-state index contributed by atoms with van der Waals surface area (Å²) in [6.45, 7) is 5.30. The van der Waals surface area contributed by atoms with E-state index < -0.39 is 0 Å². The van der Waals surface area contributed by atoms with E-state index in [4.69, 9.17) is 4.74 Å². The van der Waals surface area contributed by atoms with Crippen molar-refractivity contribution in [3.05, 3.63) is 30.4 Å². The van der Waals surface area contributed by atoms with Crippen molar-refractivity contribution in [2.45, 2.75) is 39.7 Å². The summed E-state index contributed by atoms with van der Waals surface area (Å²) in [6.07, 6.45) is 7.61. The topological polar surface area (TPSA) is 39.9 Å². The minimum Gasteiger partial charge on any atom is -0.481 e. The zero-order valence-electron chi connectivity index (χ0n) is 11.9. The molecule has 4 nitrogen and oxygen atoms in total. The summed E-state index contributed by atoms with van der Waals surface area (Å²) in [6, 6.07) is 3.85. The number of aromatic nitrogens is 3. The lowest BCUT2D eigenvalue weighted by Crippen LogP contribution is -1.98. The third-order valence-corrected chi connectivity index (χ3v) is 3.22. The Hall–Kier alpha value is -1.84. The van der Waals surface area contributed by atoms with E-state index in [1.165, 1.54) is 19.3 Å². The number of hydrogen-bond acceptors (Lipinski definition) is 3. The first kappa shape index (κ1) is 13.6. The van der Waals surface area contributed by atoms with Gasteiger partial charge in [0.15, 0.2) is 0 Å². The van der Waals surface area contributed by atoms with Crippen molar-refractivity contribution in [3.8, 4) is 17.1 Å². The first-order valence-corrected chi connectivity index (χ1v) is 6.78. The molecule has 2 rings (SSSR count). The maximum absolute atomic E-state index is 5.06. The van der Waals surface area contributed by atoms with Gasteiger partial charge in [-0.1, -0.05) is 19.8 Å². The molecule has 4 heteroatoms. The third-order valence-electron chi connectivity index (χ3n) is 3.22. The summed E-state index contributed by atoms with van der Waals surface area (Å²) in [7, 11) is 1.62. The Morgan fingerprint density at radius 1 is 1.26 bits per heavy atom. The molecule has 2 heterocycles. The number of pyridine rings is 1. The molecular weight excluding hydrogens is 238 g/mol. The highest BCUT2D eigenvalue weighted by Gasteiger charge is 2.06. The number of methoxy groups -OCH3 is 1. The Morgan fingerprint density at radius 2 is 2.11 bits per heavy atom. The first-order valence-electron chi connectivity index (χ1n) is 6.78. The molecule has 0 aliphatic heterocycles. The molecule has 0 fully saturated rings. The maximum Gasteiger partial charge on any atom is 0.212 e. The van der Waals surface area contributed by atoms with E-state index in [1.807, 2.05) is 19.1 Å². The van der Waals surface area contributed by atoms with Crippen LogP contribution < -0.4 is 4.74 Å². The van der Waals surface area contributed by atoms with Crippen LogP contribution in [0.4, 0.5) is 0 Å². The van der Waals surface area contributed by atoms with E-state index in [0.29, 0.717) is 5.88 Å². The van der Waals surface area contributed by atoms with Crippen molar-refractivity contribution in [2.24, 2.45) is 0 Å². The van der Waals surface area contributed by atoms with Crippen molar-refractivity contribution in [2.75, 3.05) is 7.11 Å². The van der Waals surface area contributed by atoms with Crippen molar-refractivity contribution in [1.29, 1.82) is 0 Å². The van der Waals surface area contributed by atoms with E-state index in [1.54, 1.807) is 13.3 Å². The number of hydrogen-bond donors (Lipinski definition) is 0. The average Bonchev–Trinajstić information content (AvgIpc) is 2.81. The highest BCUT2D eigenvalue weighted by atomic mass is 16.5. The highest BCUT2D eigenvalue weighted by molar-refractivity contribution is 5.57. The molecule has 0 radical (unpaired) electrons. The van der Waals surface area contributed by atoms with Crippen LogP contribution >= 0.6 is 0 Å². The normalized spacial score (nSPS) is 10.7. The summed E-state index contributed by atoms with van der Waals surface area (Å²) in [5.74, 6) is 1.68. The van der Waals surface area contributed by atoms with Crippen LogP contribution in [0, 0.1) is 6.92 Å². The lowest BCUT2D eigenvalue weighted by atomic mass is 10.2. The maximum atomic E-state index is 5.06. The number of rotatable bonds is 6. The summed E-state index contributed by atoms with van der Waals surface area (Å²) in [5.41, 5.74) is 2.00. The van der Waals surface area contributed by atoms with Gasteiger partial charge in [-0.15, -0.1) is 0 Å². The van der Waals surface area contributed by atoms with E-state index in [2.05, 4.69) is 27.7 Å². The van der Waals surface area contributed by atoms with E-state index in [0.717, 1.165) is 23.6 Å². The minimum atomic E-state index is 0.628. The standard InChI is InChI=1S/C15H21N3O/c1-4-5-6-9-18-11-14(17-12(18)2)13-7-8-15(19-3)16-10-13/h7-8,10-11H,4-6,9H2,1-3H3. The Balaban J connectivity index is 2.13. The van der Waals surface area contributed by atoms with Gasteiger partial charge in [0, 0.05) is 30.6 Å². The quantitative estimate of drug-likeness (QED) is 0.746. The van der Waals surface area contributed by atoms with E-state index in [-0.39, 0.29) is 0 Å². The van der Waals surface area contributed by atoms with Crippen molar-refractivity contribution in [3.63, 3.8) is 0 Å². The van der Waals surface area contributed by atoms with Crippen molar-refractivity contribution in [1.82, 2.24) is 14.5 Å². The van der Waals surface area contributed by atoms with Crippen LogP contribution in [-0.2, 0) is 6.54 Å². The highest BCUT2D eigenvalue weighted by Crippen LogP contribution is 2.20. The summed E-state index contributed by atoms with van der Waals surface area (Å²) < 4.78 is 7.28. The van der Waals surface area contributed by atoms with Crippen LogP contribution in [0.25, 0.3) is 11.3 Å². The number of unbranched alkanes of at least 4 members (excludes halogenated alkanes) is 2. The van der Waals surface area contributed by atoms with Gasteiger partial charge in [-0.25, -0.2) is 9.97 Å². The largest absolute Gasteiger partial charge is 0.481 e. The lowest BCUT2D eigenvalue weighted by molar-refractivity contribution is 0.398. The molecule has 2 aromatic rings. The molecule has 0 spiro atoms. The molecule has 0 atom stereocenters. The van der Waals surface area contributed by atoms with Crippen LogP contribution in [0.1, 0.15) is 32.0 Å². The van der Waals surface area contributed by atoms with Crippen LogP contribution in [0.5, 0.6) is 5.88 Å². The molecule has 0 bridgehead atoms. The van der Waals surface area contributed by atoms with Crippen LogP contribution in [0.3, 0.4) is 0 Å². The minimum absolute atomic E-state index is 0.628. The van der Waals surface area contributed by atoms with Gasteiger partial charge < -0.3 is 9.30 Å². The van der Waals surface area contributed by atoms with Gasteiger partial charge in [-0.3, -0.25) is 0 Å². The second kappa shape index (κ2) is 6.36.